The van der Waals surface area contributed by atoms with Crippen LogP contribution < -0.4 is 0 Å². The summed E-state index contributed by atoms with van der Waals surface area (Å²) in [4.78, 5) is 27.0. The van der Waals surface area contributed by atoms with Crippen LogP contribution in [-0.4, -0.2) is 36.3 Å². The minimum Gasteiger partial charge on any atom is -0.461 e. The number of nitrogens with zero attached hydrogens (tertiary/aromatic N) is 1. The molecule has 1 heterocycles. The molecule has 4 heteroatoms. The molecular formula is C18H23NO3. The van der Waals surface area contributed by atoms with Gasteiger partial charge in [-0.15, -0.1) is 0 Å². The summed E-state index contributed by atoms with van der Waals surface area (Å²) < 4.78 is 5.19. The Morgan fingerprint density at radius 2 is 2.14 bits per heavy atom. The minimum absolute atomic E-state index is 0.00614. The van der Waals surface area contributed by atoms with Crippen molar-refractivity contribution in [2.45, 2.75) is 26.3 Å². The Morgan fingerprint density at radius 3 is 2.77 bits per heavy atom. The number of piperidine rings is 1. The van der Waals surface area contributed by atoms with Crippen LogP contribution >= 0.6 is 0 Å². The highest BCUT2D eigenvalue weighted by Gasteiger charge is 2.48. The van der Waals surface area contributed by atoms with Gasteiger partial charge in [0.2, 0.25) is 0 Å². The van der Waals surface area contributed by atoms with Crippen LogP contribution in [0.5, 0.6) is 0 Å². The van der Waals surface area contributed by atoms with Gasteiger partial charge < -0.3 is 4.74 Å². The summed E-state index contributed by atoms with van der Waals surface area (Å²) in [5, 5.41) is 0. The van der Waals surface area contributed by atoms with E-state index >= 15 is 0 Å². The number of Topliss-reactive ketones (excluding diaryl/α,β-unsaturated/α-hetero) is 1. The Balaban J connectivity index is 2.13. The number of ether oxygens (including phenoxy) is 1. The lowest BCUT2D eigenvalue weighted by Crippen LogP contribution is -2.53. The van der Waals surface area contributed by atoms with Crippen LogP contribution in [0.4, 0.5) is 0 Å². The highest BCUT2D eigenvalue weighted by Crippen LogP contribution is 2.32. The Morgan fingerprint density at radius 1 is 1.41 bits per heavy atom. The molecule has 0 aliphatic carbocycles. The molecule has 0 radical (unpaired) electrons. The minimum atomic E-state index is -1.03. The lowest BCUT2D eigenvalue weighted by atomic mass is 9.76. The first-order valence-electron chi connectivity index (χ1n) is 7.70. The molecule has 0 aromatic heterocycles. The average Bonchev–Trinajstić information content (AvgIpc) is 2.55. The van der Waals surface area contributed by atoms with E-state index in [-0.39, 0.29) is 12.4 Å². The first-order valence-corrected chi connectivity index (χ1v) is 7.70. The molecule has 118 valence electrons. The van der Waals surface area contributed by atoms with Gasteiger partial charge in [0, 0.05) is 26.1 Å². The molecule has 0 spiro atoms. The lowest BCUT2D eigenvalue weighted by molar-refractivity contribution is -0.164. The number of rotatable bonds is 6. The normalized spacial score (nSPS) is 22.3. The van der Waals surface area contributed by atoms with Gasteiger partial charge in [-0.25, -0.2) is 0 Å². The SMILES string of the molecule is C=CCOC(=O)C1(CC)CN(Cc2ccccc2)CCC1=O. The van der Waals surface area contributed by atoms with E-state index < -0.39 is 11.4 Å². The van der Waals surface area contributed by atoms with Crippen molar-refractivity contribution in [3.63, 3.8) is 0 Å². The van der Waals surface area contributed by atoms with Crippen molar-refractivity contribution in [1.82, 2.24) is 4.90 Å². The second-order valence-electron chi connectivity index (χ2n) is 5.69. The van der Waals surface area contributed by atoms with Gasteiger partial charge in [-0.1, -0.05) is 49.9 Å². The Kier molecular flexibility index (Phi) is 5.50. The molecule has 4 nitrogen and oxygen atoms in total. The topological polar surface area (TPSA) is 46.6 Å². The van der Waals surface area contributed by atoms with E-state index in [2.05, 4.69) is 23.6 Å². The largest absolute Gasteiger partial charge is 0.461 e. The third-order valence-electron chi connectivity index (χ3n) is 4.26. The fourth-order valence-electron chi connectivity index (χ4n) is 2.93. The van der Waals surface area contributed by atoms with Gasteiger partial charge in [-0.05, 0) is 12.0 Å². The van der Waals surface area contributed by atoms with Gasteiger partial charge in [-0.2, -0.15) is 0 Å². The summed E-state index contributed by atoms with van der Waals surface area (Å²) in [7, 11) is 0. The molecule has 1 aromatic rings. The van der Waals surface area contributed by atoms with Crippen LogP contribution in [-0.2, 0) is 20.9 Å². The van der Waals surface area contributed by atoms with Crippen molar-refractivity contribution in [3.05, 3.63) is 48.6 Å². The maximum absolute atomic E-state index is 12.4. The predicted molar refractivity (Wildman–Crippen MR) is 85.2 cm³/mol. The number of likely N-dealkylation sites (tertiary alicyclic amines) is 1. The van der Waals surface area contributed by atoms with Gasteiger partial charge in [-0.3, -0.25) is 14.5 Å². The average molecular weight is 301 g/mol. The molecule has 1 aromatic carbocycles. The fourth-order valence-corrected chi connectivity index (χ4v) is 2.93. The molecule has 0 bridgehead atoms. The Bertz CT molecular complexity index is 541. The van der Waals surface area contributed by atoms with Crippen molar-refractivity contribution in [1.29, 1.82) is 0 Å². The zero-order valence-corrected chi connectivity index (χ0v) is 13.1. The second kappa shape index (κ2) is 7.36. The summed E-state index contributed by atoms with van der Waals surface area (Å²) in [6, 6.07) is 10.1. The smallest absolute Gasteiger partial charge is 0.321 e. The summed E-state index contributed by atoms with van der Waals surface area (Å²) in [6.07, 6.45) is 2.38. The first kappa shape index (κ1) is 16.4. The number of benzene rings is 1. The quantitative estimate of drug-likeness (QED) is 0.460. The van der Waals surface area contributed by atoms with Crippen LogP contribution in [0.3, 0.4) is 0 Å². The molecular weight excluding hydrogens is 278 g/mol. The van der Waals surface area contributed by atoms with Crippen LogP contribution in [0.2, 0.25) is 0 Å². The molecule has 0 saturated carbocycles. The number of hydrogen-bond donors (Lipinski definition) is 0. The first-order chi connectivity index (χ1) is 10.6. The molecule has 1 atom stereocenters. The maximum Gasteiger partial charge on any atom is 0.321 e. The Labute approximate surface area is 131 Å². The Hall–Kier alpha value is -1.94. The van der Waals surface area contributed by atoms with Gasteiger partial charge in [0.25, 0.3) is 0 Å². The fraction of sp³-hybridized carbons (Fsp3) is 0.444. The van der Waals surface area contributed by atoms with Crippen molar-refractivity contribution in [3.8, 4) is 0 Å². The highest BCUT2D eigenvalue weighted by molar-refractivity contribution is 6.04. The van der Waals surface area contributed by atoms with Gasteiger partial charge in [0.1, 0.15) is 12.0 Å². The van der Waals surface area contributed by atoms with E-state index in [1.54, 1.807) is 0 Å². The summed E-state index contributed by atoms with van der Waals surface area (Å²) >= 11 is 0. The van der Waals surface area contributed by atoms with Gasteiger partial charge in [0.15, 0.2) is 5.78 Å². The molecule has 22 heavy (non-hydrogen) atoms. The molecule has 1 aliphatic rings. The van der Waals surface area contributed by atoms with Crippen molar-refractivity contribution in [2.75, 3.05) is 19.7 Å². The standard InChI is InChI=1S/C18H23NO3/c1-3-12-22-17(21)18(4-2)14-19(11-10-16(18)20)13-15-8-6-5-7-9-15/h3,5-9H,1,4,10-14H2,2H3. The van der Waals surface area contributed by atoms with Gasteiger partial charge >= 0.3 is 5.97 Å². The third kappa shape index (κ3) is 3.45. The van der Waals surface area contributed by atoms with E-state index in [0.29, 0.717) is 25.9 Å². The molecule has 2 rings (SSSR count). The van der Waals surface area contributed by atoms with Crippen LogP contribution in [0.15, 0.2) is 43.0 Å². The van der Waals surface area contributed by atoms with Gasteiger partial charge in [0.05, 0.1) is 0 Å². The number of hydrogen-bond acceptors (Lipinski definition) is 4. The monoisotopic (exact) mass is 301 g/mol. The van der Waals surface area contributed by atoms with Crippen LogP contribution in [0.1, 0.15) is 25.3 Å². The molecule has 1 aliphatic heterocycles. The van der Waals surface area contributed by atoms with E-state index in [9.17, 15) is 9.59 Å². The molecule has 1 fully saturated rings. The zero-order valence-electron chi connectivity index (χ0n) is 13.1. The maximum atomic E-state index is 12.4. The molecule has 0 N–H and O–H groups in total. The number of carbonyl (C=O) groups excluding carboxylic acids is 2. The molecule has 0 amide bonds. The lowest BCUT2D eigenvalue weighted by Gasteiger charge is -2.39. The van der Waals surface area contributed by atoms with Crippen molar-refractivity contribution < 1.29 is 14.3 Å². The van der Waals surface area contributed by atoms with E-state index in [1.807, 2.05) is 25.1 Å². The summed E-state index contributed by atoms with van der Waals surface area (Å²) in [5.74, 6) is -0.425. The number of carbonyl (C=O) groups is 2. The van der Waals surface area contributed by atoms with E-state index in [4.69, 9.17) is 4.74 Å². The van der Waals surface area contributed by atoms with E-state index in [1.165, 1.54) is 11.6 Å². The predicted octanol–water partition coefficient (Wildman–Crippen LogP) is 2.59. The molecule has 1 unspecified atom stereocenters. The van der Waals surface area contributed by atoms with Crippen LogP contribution in [0.25, 0.3) is 0 Å². The highest BCUT2D eigenvalue weighted by atomic mass is 16.5. The zero-order chi connectivity index (χ0) is 16.0. The van der Waals surface area contributed by atoms with Crippen molar-refractivity contribution in [2.24, 2.45) is 5.41 Å². The number of ketones is 1. The van der Waals surface area contributed by atoms with Crippen molar-refractivity contribution >= 4 is 11.8 Å². The second-order valence-corrected chi connectivity index (χ2v) is 5.69. The molecule has 1 saturated heterocycles. The third-order valence-corrected chi connectivity index (χ3v) is 4.26. The summed E-state index contributed by atoms with van der Waals surface area (Å²) in [6.45, 7) is 7.41. The van der Waals surface area contributed by atoms with E-state index in [0.717, 1.165) is 6.54 Å². The summed E-state index contributed by atoms with van der Waals surface area (Å²) in [5.41, 5.74) is 0.150. The van der Waals surface area contributed by atoms with Crippen LogP contribution in [0, 0.1) is 5.41 Å². The number of esters is 1.